The summed E-state index contributed by atoms with van der Waals surface area (Å²) < 4.78 is 0. The summed E-state index contributed by atoms with van der Waals surface area (Å²) in [5.74, 6) is 1.01. The Hall–Kier alpha value is 0.270. The molecule has 2 fully saturated rings. The molecule has 1 atom stereocenters. The molecule has 1 saturated carbocycles. The van der Waals surface area contributed by atoms with Gasteiger partial charge in [0.15, 0.2) is 0 Å². The van der Waals surface area contributed by atoms with Crippen molar-refractivity contribution in [2.24, 2.45) is 5.41 Å². The maximum Gasteiger partial charge on any atom is 0.0758 e. The molecule has 1 unspecified atom stereocenters. The third-order valence-corrected chi connectivity index (χ3v) is 4.05. The molecule has 0 aromatic carbocycles. The fourth-order valence-corrected chi connectivity index (χ4v) is 2.61. The molecular formula is C10H19NOS. The minimum absolute atomic E-state index is 0.438. The Bertz CT molecular complexity index is 201. The zero-order valence-corrected chi connectivity index (χ0v) is 9.19. The van der Waals surface area contributed by atoms with E-state index >= 15 is 0 Å². The van der Waals surface area contributed by atoms with Crippen LogP contribution in [0.25, 0.3) is 0 Å². The predicted molar refractivity (Wildman–Crippen MR) is 57.2 cm³/mol. The van der Waals surface area contributed by atoms with Crippen molar-refractivity contribution >= 4 is 12.6 Å². The van der Waals surface area contributed by atoms with Gasteiger partial charge in [0.25, 0.3) is 0 Å². The fraction of sp³-hybridized carbons (Fsp3) is 1.00. The molecule has 13 heavy (non-hydrogen) atoms. The van der Waals surface area contributed by atoms with E-state index in [0.717, 1.165) is 31.8 Å². The molecule has 76 valence electrons. The summed E-state index contributed by atoms with van der Waals surface area (Å²) >= 11 is 4.39. The van der Waals surface area contributed by atoms with E-state index in [4.69, 9.17) is 0 Å². The molecule has 1 aliphatic heterocycles. The lowest BCUT2D eigenvalue weighted by Gasteiger charge is -2.23. The lowest BCUT2D eigenvalue weighted by Crippen LogP contribution is -2.33. The zero-order chi connectivity index (χ0) is 9.53. The van der Waals surface area contributed by atoms with Crippen molar-refractivity contribution in [1.29, 1.82) is 0 Å². The minimum atomic E-state index is -0.438. The van der Waals surface area contributed by atoms with Crippen LogP contribution >= 0.6 is 12.6 Å². The van der Waals surface area contributed by atoms with Crippen molar-refractivity contribution in [2.75, 3.05) is 25.4 Å². The molecule has 0 radical (unpaired) electrons. The first kappa shape index (κ1) is 9.81. The Kier molecular flexibility index (Phi) is 2.37. The van der Waals surface area contributed by atoms with Crippen molar-refractivity contribution in [3.8, 4) is 0 Å². The molecule has 2 nitrogen and oxygen atoms in total. The van der Waals surface area contributed by atoms with Crippen LogP contribution in [0.1, 0.15) is 26.2 Å². The summed E-state index contributed by atoms with van der Waals surface area (Å²) in [6, 6.07) is 0. The second-order valence-corrected chi connectivity index (χ2v) is 5.43. The van der Waals surface area contributed by atoms with E-state index in [1.807, 2.05) is 6.92 Å². The summed E-state index contributed by atoms with van der Waals surface area (Å²) in [6.07, 6.45) is 3.58. The Morgan fingerprint density at radius 2 is 2.08 bits per heavy atom. The standard InChI is InChI=1S/C10H19NOS/c1-9(12)4-5-11(6-9)7-10(8-13)2-3-10/h12-13H,2-8H2,1H3. The molecule has 1 heterocycles. The lowest BCUT2D eigenvalue weighted by molar-refractivity contribution is 0.0665. The first-order valence-electron chi connectivity index (χ1n) is 5.11. The van der Waals surface area contributed by atoms with Crippen LogP contribution in [0.4, 0.5) is 0 Å². The Labute approximate surface area is 85.7 Å². The van der Waals surface area contributed by atoms with E-state index in [9.17, 15) is 5.11 Å². The van der Waals surface area contributed by atoms with Gasteiger partial charge in [0.05, 0.1) is 5.60 Å². The first-order valence-corrected chi connectivity index (χ1v) is 5.74. The Balaban J connectivity index is 1.84. The largest absolute Gasteiger partial charge is 0.389 e. The van der Waals surface area contributed by atoms with Crippen LogP contribution in [0.3, 0.4) is 0 Å². The van der Waals surface area contributed by atoms with Crippen molar-refractivity contribution in [2.45, 2.75) is 31.8 Å². The predicted octanol–water partition coefficient (Wildman–Crippen LogP) is 1.15. The maximum atomic E-state index is 9.79. The molecule has 2 aliphatic rings. The molecule has 2 rings (SSSR count). The lowest BCUT2D eigenvalue weighted by atomic mass is 10.1. The third kappa shape index (κ3) is 2.20. The van der Waals surface area contributed by atoms with E-state index in [1.165, 1.54) is 12.8 Å². The van der Waals surface area contributed by atoms with Crippen LogP contribution in [0.15, 0.2) is 0 Å². The van der Waals surface area contributed by atoms with Gasteiger partial charge in [-0.05, 0) is 37.4 Å². The van der Waals surface area contributed by atoms with E-state index in [-0.39, 0.29) is 0 Å². The Morgan fingerprint density at radius 1 is 1.38 bits per heavy atom. The van der Waals surface area contributed by atoms with Crippen LogP contribution in [-0.4, -0.2) is 41.0 Å². The van der Waals surface area contributed by atoms with Gasteiger partial charge < -0.3 is 5.11 Å². The maximum absolute atomic E-state index is 9.79. The van der Waals surface area contributed by atoms with Gasteiger partial charge in [0.1, 0.15) is 0 Å². The van der Waals surface area contributed by atoms with Crippen LogP contribution in [-0.2, 0) is 0 Å². The Morgan fingerprint density at radius 3 is 2.46 bits per heavy atom. The molecular weight excluding hydrogens is 182 g/mol. The number of hydrogen-bond acceptors (Lipinski definition) is 3. The van der Waals surface area contributed by atoms with Gasteiger partial charge in [-0.1, -0.05) is 0 Å². The number of hydrogen-bond donors (Lipinski definition) is 2. The van der Waals surface area contributed by atoms with Crippen molar-refractivity contribution in [3.63, 3.8) is 0 Å². The topological polar surface area (TPSA) is 23.5 Å². The molecule has 0 aromatic rings. The summed E-state index contributed by atoms with van der Waals surface area (Å²) in [5.41, 5.74) is 0.0657. The van der Waals surface area contributed by atoms with E-state index in [1.54, 1.807) is 0 Å². The highest BCUT2D eigenvalue weighted by Gasteiger charge is 2.44. The van der Waals surface area contributed by atoms with Gasteiger partial charge in [0, 0.05) is 19.6 Å². The van der Waals surface area contributed by atoms with Crippen LogP contribution in [0.5, 0.6) is 0 Å². The van der Waals surface area contributed by atoms with Gasteiger partial charge in [-0.25, -0.2) is 0 Å². The number of likely N-dealkylation sites (tertiary alicyclic amines) is 1. The number of β-amino-alcohol motifs (C(OH)–C–C–N with tert-alkyl or cyclic N) is 1. The van der Waals surface area contributed by atoms with Gasteiger partial charge in [-0.2, -0.15) is 12.6 Å². The minimum Gasteiger partial charge on any atom is -0.389 e. The average molecular weight is 201 g/mol. The molecule has 1 aliphatic carbocycles. The van der Waals surface area contributed by atoms with Gasteiger partial charge >= 0.3 is 0 Å². The van der Waals surface area contributed by atoms with Crippen LogP contribution < -0.4 is 0 Å². The normalized spacial score (nSPS) is 38.1. The molecule has 0 aromatic heterocycles. The first-order chi connectivity index (χ1) is 6.05. The number of nitrogens with zero attached hydrogens (tertiary/aromatic N) is 1. The van der Waals surface area contributed by atoms with Gasteiger partial charge in [-0.3, -0.25) is 4.90 Å². The van der Waals surface area contributed by atoms with Crippen molar-refractivity contribution in [3.05, 3.63) is 0 Å². The monoisotopic (exact) mass is 201 g/mol. The van der Waals surface area contributed by atoms with Crippen molar-refractivity contribution in [1.82, 2.24) is 4.90 Å². The second kappa shape index (κ2) is 3.14. The summed E-state index contributed by atoms with van der Waals surface area (Å²) in [7, 11) is 0. The van der Waals surface area contributed by atoms with Crippen molar-refractivity contribution < 1.29 is 5.11 Å². The molecule has 3 heteroatoms. The van der Waals surface area contributed by atoms with E-state index in [0.29, 0.717) is 5.41 Å². The number of aliphatic hydroxyl groups is 1. The van der Waals surface area contributed by atoms with E-state index < -0.39 is 5.60 Å². The number of thiol groups is 1. The summed E-state index contributed by atoms with van der Waals surface area (Å²) in [5, 5.41) is 9.79. The van der Waals surface area contributed by atoms with Gasteiger partial charge in [0.2, 0.25) is 0 Å². The highest BCUT2D eigenvalue weighted by Crippen LogP contribution is 2.47. The summed E-state index contributed by atoms with van der Waals surface area (Å²) in [4.78, 5) is 2.39. The van der Waals surface area contributed by atoms with E-state index in [2.05, 4.69) is 17.5 Å². The summed E-state index contributed by atoms with van der Waals surface area (Å²) in [6.45, 7) is 4.99. The molecule has 0 spiro atoms. The average Bonchev–Trinajstić information content (AvgIpc) is 2.74. The molecule has 1 saturated heterocycles. The zero-order valence-electron chi connectivity index (χ0n) is 8.29. The third-order valence-electron chi connectivity index (χ3n) is 3.38. The highest BCUT2D eigenvalue weighted by atomic mass is 32.1. The van der Waals surface area contributed by atoms with Crippen LogP contribution in [0.2, 0.25) is 0 Å². The number of rotatable bonds is 3. The highest BCUT2D eigenvalue weighted by molar-refractivity contribution is 7.80. The molecule has 0 amide bonds. The van der Waals surface area contributed by atoms with Gasteiger partial charge in [-0.15, -0.1) is 0 Å². The smallest absolute Gasteiger partial charge is 0.0758 e. The second-order valence-electron chi connectivity index (χ2n) is 5.12. The SMILES string of the molecule is CC1(O)CCN(CC2(CS)CC2)C1. The molecule has 1 N–H and O–H groups in total. The fourth-order valence-electron chi connectivity index (χ4n) is 2.19. The molecule has 0 bridgehead atoms. The van der Waals surface area contributed by atoms with Crippen LogP contribution in [0, 0.1) is 5.41 Å². The quantitative estimate of drug-likeness (QED) is 0.669.